The molecule has 106 valence electrons. The number of nitrogens with one attached hydrogen (secondary N) is 1. The van der Waals surface area contributed by atoms with Gasteiger partial charge in [0.15, 0.2) is 0 Å². The minimum Gasteiger partial charge on any atom is -0.316 e. The molecular formula is C15H24BrN3. The Morgan fingerprint density at radius 1 is 1.47 bits per heavy atom. The van der Waals surface area contributed by atoms with E-state index in [9.17, 15) is 0 Å². The Bertz CT molecular complexity index is 379. The summed E-state index contributed by atoms with van der Waals surface area (Å²) >= 11 is 3.46. The largest absolute Gasteiger partial charge is 0.316 e. The molecule has 0 spiro atoms. The summed E-state index contributed by atoms with van der Waals surface area (Å²) in [7, 11) is 2.22. The predicted molar refractivity (Wildman–Crippen MR) is 83.2 cm³/mol. The molecule has 1 N–H and O–H groups in total. The minimum atomic E-state index is 0.450. The first-order valence-corrected chi connectivity index (χ1v) is 8.04. The lowest BCUT2D eigenvalue weighted by Crippen LogP contribution is -2.41. The van der Waals surface area contributed by atoms with Crippen molar-refractivity contribution in [3.8, 4) is 0 Å². The highest BCUT2D eigenvalue weighted by atomic mass is 79.9. The first-order chi connectivity index (χ1) is 9.22. The van der Waals surface area contributed by atoms with E-state index in [1.165, 1.54) is 31.5 Å². The van der Waals surface area contributed by atoms with Crippen LogP contribution in [0.25, 0.3) is 0 Å². The quantitative estimate of drug-likeness (QED) is 0.842. The third kappa shape index (κ3) is 4.01. The number of hydrogen-bond acceptors (Lipinski definition) is 3. The zero-order valence-corrected chi connectivity index (χ0v) is 13.5. The third-order valence-electron chi connectivity index (χ3n) is 3.89. The monoisotopic (exact) mass is 325 g/mol. The van der Waals surface area contributed by atoms with Gasteiger partial charge in [0.1, 0.15) is 0 Å². The van der Waals surface area contributed by atoms with Crippen molar-refractivity contribution in [3.63, 3.8) is 0 Å². The molecule has 1 aromatic heterocycles. The number of rotatable bonds is 5. The standard InChI is InChI=1S/C15H24BrN3/c1-3-8-17-10-12-5-4-9-19(2)15(12)14-7-6-13(16)11-18-14/h6-7,11-12,15,17H,3-5,8-10H2,1-2H3. The van der Waals surface area contributed by atoms with Crippen LogP contribution in [-0.2, 0) is 0 Å². The lowest BCUT2D eigenvalue weighted by Gasteiger charge is -2.39. The van der Waals surface area contributed by atoms with Crippen molar-refractivity contribution in [2.75, 3.05) is 26.7 Å². The Hall–Kier alpha value is -0.450. The number of piperidine rings is 1. The van der Waals surface area contributed by atoms with Crippen molar-refractivity contribution in [2.45, 2.75) is 32.2 Å². The average molecular weight is 326 g/mol. The van der Waals surface area contributed by atoms with Gasteiger partial charge in [0.05, 0.1) is 11.7 Å². The van der Waals surface area contributed by atoms with Crippen molar-refractivity contribution in [3.05, 3.63) is 28.5 Å². The maximum Gasteiger partial charge on any atom is 0.0579 e. The lowest BCUT2D eigenvalue weighted by molar-refractivity contribution is 0.116. The fourth-order valence-electron chi connectivity index (χ4n) is 2.97. The molecule has 0 amide bonds. The smallest absolute Gasteiger partial charge is 0.0579 e. The van der Waals surface area contributed by atoms with E-state index >= 15 is 0 Å². The van der Waals surface area contributed by atoms with E-state index in [1.807, 2.05) is 6.20 Å². The molecule has 0 radical (unpaired) electrons. The molecule has 3 nitrogen and oxygen atoms in total. The Morgan fingerprint density at radius 3 is 3.00 bits per heavy atom. The van der Waals surface area contributed by atoms with E-state index in [0.29, 0.717) is 12.0 Å². The number of aromatic nitrogens is 1. The van der Waals surface area contributed by atoms with Crippen LogP contribution in [-0.4, -0.2) is 36.6 Å². The molecule has 0 aliphatic carbocycles. The van der Waals surface area contributed by atoms with Crippen LogP contribution in [0.5, 0.6) is 0 Å². The van der Waals surface area contributed by atoms with Crippen molar-refractivity contribution >= 4 is 15.9 Å². The molecule has 2 heterocycles. The van der Waals surface area contributed by atoms with E-state index in [0.717, 1.165) is 17.6 Å². The summed E-state index contributed by atoms with van der Waals surface area (Å²) in [5.74, 6) is 0.666. The van der Waals surface area contributed by atoms with Crippen molar-refractivity contribution < 1.29 is 0 Å². The van der Waals surface area contributed by atoms with Gasteiger partial charge >= 0.3 is 0 Å². The van der Waals surface area contributed by atoms with Gasteiger partial charge < -0.3 is 5.32 Å². The van der Waals surface area contributed by atoms with Gasteiger partial charge in [-0.2, -0.15) is 0 Å². The molecule has 4 heteroatoms. The number of nitrogens with zero attached hydrogens (tertiary/aromatic N) is 2. The second-order valence-corrected chi connectivity index (χ2v) is 6.35. The van der Waals surface area contributed by atoms with Gasteiger partial charge in [-0.25, -0.2) is 0 Å². The van der Waals surface area contributed by atoms with Crippen molar-refractivity contribution in [2.24, 2.45) is 5.92 Å². The third-order valence-corrected chi connectivity index (χ3v) is 4.36. The van der Waals surface area contributed by atoms with Crippen LogP contribution in [0.15, 0.2) is 22.8 Å². The molecule has 1 fully saturated rings. The van der Waals surface area contributed by atoms with Gasteiger partial charge in [0, 0.05) is 10.7 Å². The van der Waals surface area contributed by atoms with E-state index in [2.05, 4.69) is 57.2 Å². The van der Waals surface area contributed by atoms with Crippen LogP contribution in [0.3, 0.4) is 0 Å². The fraction of sp³-hybridized carbons (Fsp3) is 0.667. The Balaban J connectivity index is 2.09. The first-order valence-electron chi connectivity index (χ1n) is 7.24. The van der Waals surface area contributed by atoms with E-state index in [1.54, 1.807) is 0 Å². The molecule has 1 saturated heterocycles. The minimum absolute atomic E-state index is 0.450. The van der Waals surface area contributed by atoms with Crippen LogP contribution in [0, 0.1) is 5.92 Å². The van der Waals surface area contributed by atoms with E-state index in [4.69, 9.17) is 0 Å². The molecule has 2 unspecified atom stereocenters. The first kappa shape index (κ1) is 14.9. The van der Waals surface area contributed by atoms with Crippen molar-refractivity contribution in [1.29, 1.82) is 0 Å². The summed E-state index contributed by atoms with van der Waals surface area (Å²) in [5, 5.41) is 3.57. The van der Waals surface area contributed by atoms with Gasteiger partial charge in [0.25, 0.3) is 0 Å². The Kier molecular flexibility index (Phi) is 5.79. The fourth-order valence-corrected chi connectivity index (χ4v) is 3.20. The van der Waals surface area contributed by atoms with E-state index < -0.39 is 0 Å². The number of pyridine rings is 1. The molecular weight excluding hydrogens is 302 g/mol. The SMILES string of the molecule is CCCNCC1CCCN(C)C1c1ccc(Br)cn1. The van der Waals surface area contributed by atoms with Gasteiger partial charge in [-0.15, -0.1) is 0 Å². The van der Waals surface area contributed by atoms with Crippen LogP contribution in [0.1, 0.15) is 37.9 Å². The van der Waals surface area contributed by atoms with Crippen molar-refractivity contribution in [1.82, 2.24) is 15.2 Å². The van der Waals surface area contributed by atoms with Crippen LogP contribution >= 0.6 is 15.9 Å². The summed E-state index contributed by atoms with van der Waals surface area (Å²) in [6.07, 6.45) is 5.70. The summed E-state index contributed by atoms with van der Waals surface area (Å²) in [5.41, 5.74) is 1.20. The summed E-state index contributed by atoms with van der Waals surface area (Å²) in [4.78, 5) is 7.07. The lowest BCUT2D eigenvalue weighted by atomic mass is 9.87. The number of likely N-dealkylation sites (tertiary alicyclic amines) is 1. The molecule has 1 aliphatic heterocycles. The molecule has 1 aromatic rings. The normalized spacial score (nSPS) is 24.6. The molecule has 2 rings (SSSR count). The number of hydrogen-bond donors (Lipinski definition) is 1. The number of halogens is 1. The molecule has 19 heavy (non-hydrogen) atoms. The van der Waals surface area contributed by atoms with E-state index in [-0.39, 0.29) is 0 Å². The van der Waals surface area contributed by atoms with Crippen LogP contribution in [0.2, 0.25) is 0 Å². The van der Waals surface area contributed by atoms with Gasteiger partial charge in [-0.3, -0.25) is 9.88 Å². The zero-order chi connectivity index (χ0) is 13.7. The Labute approximate surface area is 124 Å². The van der Waals surface area contributed by atoms with Gasteiger partial charge in [-0.1, -0.05) is 6.92 Å². The van der Waals surface area contributed by atoms with Crippen LogP contribution in [0.4, 0.5) is 0 Å². The Morgan fingerprint density at radius 2 is 2.32 bits per heavy atom. The second kappa shape index (κ2) is 7.36. The zero-order valence-electron chi connectivity index (χ0n) is 11.9. The molecule has 0 bridgehead atoms. The maximum atomic E-state index is 4.61. The highest BCUT2D eigenvalue weighted by Gasteiger charge is 2.30. The van der Waals surface area contributed by atoms with Crippen LogP contribution < -0.4 is 5.32 Å². The molecule has 2 atom stereocenters. The van der Waals surface area contributed by atoms with Gasteiger partial charge in [0.2, 0.25) is 0 Å². The molecule has 1 aliphatic rings. The maximum absolute atomic E-state index is 4.61. The average Bonchev–Trinajstić information content (AvgIpc) is 2.41. The topological polar surface area (TPSA) is 28.2 Å². The summed E-state index contributed by atoms with van der Waals surface area (Å²) < 4.78 is 1.05. The molecule has 0 aromatic carbocycles. The summed E-state index contributed by atoms with van der Waals surface area (Å²) in [6.45, 7) is 5.60. The predicted octanol–water partition coefficient (Wildman–Crippen LogP) is 3.23. The highest BCUT2D eigenvalue weighted by molar-refractivity contribution is 9.10. The highest BCUT2D eigenvalue weighted by Crippen LogP contribution is 2.33. The van der Waals surface area contributed by atoms with Gasteiger partial charge in [-0.05, 0) is 79.9 Å². The second-order valence-electron chi connectivity index (χ2n) is 5.43. The molecule has 0 saturated carbocycles. The summed E-state index contributed by atoms with van der Waals surface area (Å²) in [6, 6.07) is 4.70.